The highest BCUT2D eigenvalue weighted by Gasteiger charge is 2.13. The van der Waals surface area contributed by atoms with E-state index >= 15 is 0 Å². The first-order chi connectivity index (χ1) is 11.7. The number of nitrogens with one attached hydrogen (secondary N) is 1. The van der Waals surface area contributed by atoms with Crippen LogP contribution in [0, 0.1) is 3.77 Å². The summed E-state index contributed by atoms with van der Waals surface area (Å²) in [5.41, 5.74) is 3.11. The first-order valence-corrected chi connectivity index (χ1v) is 8.28. The summed E-state index contributed by atoms with van der Waals surface area (Å²) in [5, 5.41) is 6.94. The minimum absolute atomic E-state index is 0.215. The summed E-state index contributed by atoms with van der Waals surface area (Å²) in [6, 6.07) is 17.1. The van der Waals surface area contributed by atoms with Gasteiger partial charge in [0.1, 0.15) is 11.3 Å². The summed E-state index contributed by atoms with van der Waals surface area (Å²) in [5.74, 6) is 0.371. The van der Waals surface area contributed by atoms with Gasteiger partial charge in [-0.3, -0.25) is 4.79 Å². The van der Waals surface area contributed by atoms with Crippen LogP contribution >= 0.6 is 22.6 Å². The second-order valence-corrected chi connectivity index (χ2v) is 6.21. The SMILES string of the molecule is O=C(NN=Cc1ccc(I)o1)c1cc2c(ccc3ccccc32)o1. The van der Waals surface area contributed by atoms with Crippen molar-refractivity contribution in [2.24, 2.45) is 5.10 Å². The molecular formula is C18H11IN2O3. The van der Waals surface area contributed by atoms with Gasteiger partial charge in [0.15, 0.2) is 9.53 Å². The standard InChI is InChI=1S/C18H11IN2O3/c19-17-8-6-12(23-17)10-20-21-18(22)16-9-14-13-4-2-1-3-11(13)5-7-15(14)24-16/h1-10H,(H,21,22). The molecule has 0 unspecified atom stereocenters. The van der Waals surface area contributed by atoms with Crippen molar-refractivity contribution < 1.29 is 13.6 Å². The third kappa shape index (κ3) is 2.80. The minimum atomic E-state index is -0.409. The van der Waals surface area contributed by atoms with Gasteiger partial charge in [-0.05, 0) is 57.6 Å². The zero-order valence-corrected chi connectivity index (χ0v) is 14.5. The van der Waals surface area contributed by atoms with E-state index < -0.39 is 5.91 Å². The number of halogens is 1. The van der Waals surface area contributed by atoms with Crippen LogP contribution in [0.15, 0.2) is 68.5 Å². The number of carbonyl (C=O) groups excluding carboxylic acids is 1. The second kappa shape index (κ2) is 6.12. The molecule has 0 aliphatic heterocycles. The van der Waals surface area contributed by atoms with Gasteiger partial charge in [-0.15, -0.1) is 0 Å². The third-order valence-electron chi connectivity index (χ3n) is 3.60. The first-order valence-electron chi connectivity index (χ1n) is 7.21. The Morgan fingerprint density at radius 2 is 1.92 bits per heavy atom. The van der Waals surface area contributed by atoms with E-state index in [4.69, 9.17) is 8.83 Å². The van der Waals surface area contributed by atoms with Gasteiger partial charge >= 0.3 is 5.91 Å². The quantitative estimate of drug-likeness (QED) is 0.295. The molecule has 24 heavy (non-hydrogen) atoms. The summed E-state index contributed by atoms with van der Waals surface area (Å²) in [6.07, 6.45) is 1.44. The van der Waals surface area contributed by atoms with E-state index in [2.05, 4.69) is 33.1 Å². The highest BCUT2D eigenvalue weighted by atomic mass is 127. The summed E-state index contributed by atoms with van der Waals surface area (Å²) < 4.78 is 11.7. The van der Waals surface area contributed by atoms with E-state index in [1.807, 2.05) is 42.5 Å². The van der Waals surface area contributed by atoms with Crippen LogP contribution in [-0.2, 0) is 0 Å². The fraction of sp³-hybridized carbons (Fsp3) is 0. The topological polar surface area (TPSA) is 67.7 Å². The Bertz CT molecular complexity index is 1080. The van der Waals surface area contributed by atoms with Gasteiger partial charge in [0.25, 0.3) is 0 Å². The minimum Gasteiger partial charge on any atom is -0.451 e. The number of fused-ring (bicyclic) bond motifs is 3. The fourth-order valence-electron chi connectivity index (χ4n) is 2.51. The smallest absolute Gasteiger partial charge is 0.307 e. The Morgan fingerprint density at radius 1 is 1.04 bits per heavy atom. The lowest BCUT2D eigenvalue weighted by Gasteiger charge is -1.96. The van der Waals surface area contributed by atoms with Crippen molar-refractivity contribution in [1.82, 2.24) is 5.43 Å². The molecule has 0 fully saturated rings. The molecule has 0 saturated carbocycles. The van der Waals surface area contributed by atoms with Gasteiger partial charge in [0.05, 0.1) is 6.21 Å². The van der Waals surface area contributed by atoms with Gasteiger partial charge in [0.2, 0.25) is 0 Å². The molecule has 0 bridgehead atoms. The lowest BCUT2D eigenvalue weighted by molar-refractivity contribution is 0.0929. The monoisotopic (exact) mass is 430 g/mol. The van der Waals surface area contributed by atoms with Gasteiger partial charge in [0, 0.05) is 5.39 Å². The molecule has 6 heteroatoms. The summed E-state index contributed by atoms with van der Waals surface area (Å²) in [6.45, 7) is 0. The van der Waals surface area contributed by atoms with Gasteiger partial charge in [-0.1, -0.05) is 30.3 Å². The molecule has 0 aliphatic rings. The van der Waals surface area contributed by atoms with Gasteiger partial charge in [-0.25, -0.2) is 5.43 Å². The van der Waals surface area contributed by atoms with Crippen LogP contribution in [0.4, 0.5) is 0 Å². The molecule has 0 saturated heterocycles. The largest absolute Gasteiger partial charge is 0.451 e. The summed E-state index contributed by atoms with van der Waals surface area (Å²) in [7, 11) is 0. The van der Waals surface area contributed by atoms with Crippen molar-refractivity contribution in [2.75, 3.05) is 0 Å². The zero-order valence-electron chi connectivity index (χ0n) is 12.3. The molecule has 1 N–H and O–H groups in total. The van der Waals surface area contributed by atoms with Crippen LogP contribution in [-0.4, -0.2) is 12.1 Å². The second-order valence-electron chi connectivity index (χ2n) is 5.15. The fourth-order valence-corrected chi connectivity index (χ4v) is 2.95. The van der Waals surface area contributed by atoms with Crippen molar-refractivity contribution in [3.8, 4) is 0 Å². The molecule has 5 nitrogen and oxygen atoms in total. The maximum absolute atomic E-state index is 12.2. The molecule has 118 valence electrons. The molecule has 4 aromatic rings. The molecule has 0 atom stereocenters. The number of benzene rings is 2. The van der Waals surface area contributed by atoms with E-state index in [1.165, 1.54) is 6.21 Å². The lowest BCUT2D eigenvalue weighted by Crippen LogP contribution is -2.16. The first kappa shape index (κ1) is 14.9. The number of carbonyl (C=O) groups is 1. The normalized spacial score (nSPS) is 11.5. The van der Waals surface area contributed by atoms with Crippen molar-refractivity contribution >= 4 is 56.5 Å². The zero-order chi connectivity index (χ0) is 16.5. The van der Waals surface area contributed by atoms with Crippen molar-refractivity contribution in [2.45, 2.75) is 0 Å². The van der Waals surface area contributed by atoms with Crippen LogP contribution < -0.4 is 5.43 Å². The predicted molar refractivity (Wildman–Crippen MR) is 100 cm³/mol. The number of amides is 1. The van der Waals surface area contributed by atoms with Crippen LogP contribution in [0.25, 0.3) is 21.7 Å². The number of nitrogens with zero attached hydrogens (tertiary/aromatic N) is 1. The van der Waals surface area contributed by atoms with E-state index in [9.17, 15) is 4.79 Å². The molecule has 1 amide bonds. The van der Waals surface area contributed by atoms with Crippen molar-refractivity contribution in [1.29, 1.82) is 0 Å². The van der Waals surface area contributed by atoms with Crippen LogP contribution in [0.1, 0.15) is 16.3 Å². The van der Waals surface area contributed by atoms with Crippen molar-refractivity contribution in [3.63, 3.8) is 0 Å². The van der Waals surface area contributed by atoms with Crippen LogP contribution in [0.2, 0.25) is 0 Å². The highest BCUT2D eigenvalue weighted by Crippen LogP contribution is 2.28. The van der Waals surface area contributed by atoms with Gasteiger partial charge in [-0.2, -0.15) is 5.10 Å². The Kier molecular flexibility index (Phi) is 3.81. The maximum atomic E-state index is 12.2. The molecule has 0 spiro atoms. The highest BCUT2D eigenvalue weighted by molar-refractivity contribution is 14.1. The van der Waals surface area contributed by atoms with Crippen LogP contribution in [0.3, 0.4) is 0 Å². The molecule has 0 aliphatic carbocycles. The van der Waals surface area contributed by atoms with E-state index in [1.54, 1.807) is 12.1 Å². The number of hydrogen-bond donors (Lipinski definition) is 1. The average Bonchev–Trinajstić information content (AvgIpc) is 3.21. The van der Waals surface area contributed by atoms with Crippen molar-refractivity contribution in [3.05, 3.63) is 69.9 Å². The number of hydrogen-bond acceptors (Lipinski definition) is 4. The van der Waals surface area contributed by atoms with Gasteiger partial charge < -0.3 is 8.83 Å². The molecule has 0 radical (unpaired) electrons. The summed E-state index contributed by atoms with van der Waals surface area (Å²) >= 11 is 2.06. The van der Waals surface area contributed by atoms with E-state index in [0.29, 0.717) is 11.3 Å². The van der Waals surface area contributed by atoms with E-state index in [-0.39, 0.29) is 5.76 Å². The van der Waals surface area contributed by atoms with E-state index in [0.717, 1.165) is 19.9 Å². The average molecular weight is 430 g/mol. The number of rotatable bonds is 3. The molecular weight excluding hydrogens is 419 g/mol. The number of furan rings is 2. The molecule has 2 aromatic carbocycles. The Balaban J connectivity index is 1.60. The number of hydrazone groups is 1. The Hall–Kier alpha value is -2.61. The Labute approximate surface area is 150 Å². The maximum Gasteiger partial charge on any atom is 0.307 e. The molecule has 2 aromatic heterocycles. The third-order valence-corrected chi connectivity index (χ3v) is 4.18. The lowest BCUT2D eigenvalue weighted by atomic mass is 10.1. The molecule has 2 heterocycles. The summed E-state index contributed by atoms with van der Waals surface area (Å²) in [4.78, 5) is 12.2. The van der Waals surface area contributed by atoms with Crippen LogP contribution in [0.5, 0.6) is 0 Å². The Morgan fingerprint density at radius 3 is 2.75 bits per heavy atom. The predicted octanol–water partition coefficient (Wildman–Crippen LogP) is 4.55. The molecule has 4 rings (SSSR count).